The SMILES string of the molecule is O=C(NCCc1ccc(F)cc1)c1ccc(NC(=O)c2ccco2)cc1. The van der Waals surface area contributed by atoms with E-state index in [0.29, 0.717) is 24.2 Å². The van der Waals surface area contributed by atoms with Crippen LogP contribution in [0.5, 0.6) is 0 Å². The molecule has 1 aromatic heterocycles. The summed E-state index contributed by atoms with van der Waals surface area (Å²) in [7, 11) is 0. The highest BCUT2D eigenvalue weighted by Gasteiger charge is 2.10. The Morgan fingerprint density at radius 3 is 2.31 bits per heavy atom. The highest BCUT2D eigenvalue weighted by Crippen LogP contribution is 2.12. The van der Waals surface area contributed by atoms with Crippen LogP contribution < -0.4 is 10.6 Å². The minimum absolute atomic E-state index is 0.212. The first-order valence-corrected chi connectivity index (χ1v) is 8.09. The van der Waals surface area contributed by atoms with Gasteiger partial charge in [0.1, 0.15) is 5.82 Å². The monoisotopic (exact) mass is 352 g/mol. The average Bonchev–Trinajstić information content (AvgIpc) is 3.19. The van der Waals surface area contributed by atoms with Crippen molar-refractivity contribution in [3.8, 4) is 0 Å². The molecule has 3 rings (SSSR count). The molecule has 2 aromatic carbocycles. The molecule has 0 radical (unpaired) electrons. The second kappa shape index (κ2) is 8.11. The van der Waals surface area contributed by atoms with Crippen LogP contribution in [0, 0.1) is 5.82 Å². The summed E-state index contributed by atoms with van der Waals surface area (Å²) in [5.74, 6) is -0.632. The smallest absolute Gasteiger partial charge is 0.291 e. The molecule has 2 N–H and O–H groups in total. The molecule has 0 atom stereocenters. The number of nitrogens with one attached hydrogen (secondary N) is 2. The summed E-state index contributed by atoms with van der Waals surface area (Å²) in [6.45, 7) is 0.446. The van der Waals surface area contributed by atoms with Gasteiger partial charge in [-0.15, -0.1) is 0 Å². The van der Waals surface area contributed by atoms with Gasteiger partial charge in [0.2, 0.25) is 0 Å². The molecule has 0 saturated heterocycles. The molecule has 0 bridgehead atoms. The fourth-order valence-corrected chi connectivity index (χ4v) is 2.38. The van der Waals surface area contributed by atoms with Gasteiger partial charge in [0.15, 0.2) is 5.76 Å². The lowest BCUT2D eigenvalue weighted by Crippen LogP contribution is -2.25. The third kappa shape index (κ3) is 4.57. The van der Waals surface area contributed by atoms with Crippen LogP contribution in [-0.2, 0) is 6.42 Å². The van der Waals surface area contributed by atoms with Crippen LogP contribution in [0.1, 0.15) is 26.5 Å². The average molecular weight is 352 g/mol. The summed E-state index contributed by atoms with van der Waals surface area (Å²) < 4.78 is 17.9. The van der Waals surface area contributed by atoms with E-state index in [4.69, 9.17) is 4.42 Å². The van der Waals surface area contributed by atoms with Gasteiger partial charge in [-0.2, -0.15) is 0 Å². The van der Waals surface area contributed by atoms with Crippen LogP contribution in [0.3, 0.4) is 0 Å². The van der Waals surface area contributed by atoms with Crippen LogP contribution >= 0.6 is 0 Å². The Kier molecular flexibility index (Phi) is 5.43. The lowest BCUT2D eigenvalue weighted by Gasteiger charge is -2.07. The molecule has 0 saturated carbocycles. The second-order valence-corrected chi connectivity index (χ2v) is 5.64. The van der Waals surface area contributed by atoms with E-state index in [1.807, 2.05) is 0 Å². The summed E-state index contributed by atoms with van der Waals surface area (Å²) in [5, 5.41) is 5.49. The van der Waals surface area contributed by atoms with E-state index in [1.165, 1.54) is 18.4 Å². The van der Waals surface area contributed by atoms with Crippen LogP contribution in [0.2, 0.25) is 0 Å². The highest BCUT2D eigenvalue weighted by atomic mass is 19.1. The predicted molar refractivity (Wildman–Crippen MR) is 95.5 cm³/mol. The number of carbonyl (C=O) groups is 2. The van der Waals surface area contributed by atoms with Gasteiger partial charge >= 0.3 is 0 Å². The fourth-order valence-electron chi connectivity index (χ4n) is 2.38. The number of amides is 2. The largest absolute Gasteiger partial charge is 0.459 e. The maximum absolute atomic E-state index is 12.8. The van der Waals surface area contributed by atoms with E-state index in [-0.39, 0.29) is 23.4 Å². The normalized spacial score (nSPS) is 10.3. The summed E-state index contributed by atoms with van der Waals surface area (Å²) in [6.07, 6.45) is 2.04. The molecule has 1 heterocycles. The topological polar surface area (TPSA) is 71.3 Å². The van der Waals surface area contributed by atoms with Crippen LogP contribution in [0.4, 0.5) is 10.1 Å². The number of benzene rings is 2. The standard InChI is InChI=1S/C20H17FN2O3/c21-16-7-3-14(4-8-16)11-12-22-19(24)15-5-9-17(10-6-15)23-20(25)18-2-1-13-26-18/h1-10,13H,11-12H2,(H,22,24)(H,23,25). The van der Waals surface area contributed by atoms with Gasteiger partial charge in [-0.25, -0.2) is 4.39 Å². The van der Waals surface area contributed by atoms with E-state index in [9.17, 15) is 14.0 Å². The number of rotatable bonds is 6. The summed E-state index contributed by atoms with van der Waals surface area (Å²) in [4.78, 5) is 24.0. The third-order valence-electron chi connectivity index (χ3n) is 3.76. The van der Waals surface area contributed by atoms with Crippen molar-refractivity contribution in [2.75, 3.05) is 11.9 Å². The molecule has 132 valence electrons. The number of halogens is 1. The van der Waals surface area contributed by atoms with Crippen molar-refractivity contribution in [2.45, 2.75) is 6.42 Å². The number of furan rings is 1. The quantitative estimate of drug-likeness (QED) is 0.711. The zero-order valence-electron chi connectivity index (χ0n) is 13.9. The van der Waals surface area contributed by atoms with Crippen LogP contribution in [-0.4, -0.2) is 18.4 Å². The van der Waals surface area contributed by atoms with Gasteiger partial charge in [0.05, 0.1) is 6.26 Å². The molecule has 0 aliphatic carbocycles. The molecule has 0 fully saturated rings. The minimum Gasteiger partial charge on any atom is -0.459 e. The number of hydrogen-bond acceptors (Lipinski definition) is 3. The predicted octanol–water partition coefficient (Wildman–Crippen LogP) is 3.64. The lowest BCUT2D eigenvalue weighted by molar-refractivity contribution is 0.0953. The first kappa shape index (κ1) is 17.4. The van der Waals surface area contributed by atoms with Gasteiger partial charge < -0.3 is 15.1 Å². The molecule has 0 spiro atoms. The first-order chi connectivity index (χ1) is 12.6. The molecule has 2 amide bonds. The summed E-state index contributed by atoms with van der Waals surface area (Å²) in [6, 6.07) is 15.9. The van der Waals surface area contributed by atoms with Crippen molar-refractivity contribution in [1.82, 2.24) is 5.32 Å². The number of anilines is 1. The maximum atomic E-state index is 12.8. The third-order valence-corrected chi connectivity index (χ3v) is 3.76. The van der Waals surface area contributed by atoms with Gasteiger partial charge in [-0.3, -0.25) is 9.59 Å². The zero-order chi connectivity index (χ0) is 18.4. The Morgan fingerprint density at radius 1 is 0.923 bits per heavy atom. The molecule has 0 aliphatic rings. The number of carbonyl (C=O) groups excluding carboxylic acids is 2. The molecule has 3 aromatic rings. The Hall–Kier alpha value is -3.41. The molecule has 6 heteroatoms. The van der Waals surface area contributed by atoms with Crippen LogP contribution in [0.25, 0.3) is 0 Å². The fraction of sp³-hybridized carbons (Fsp3) is 0.100. The van der Waals surface area contributed by atoms with E-state index in [1.54, 1.807) is 48.5 Å². The van der Waals surface area contributed by atoms with Gasteiger partial charge in [0, 0.05) is 17.8 Å². The van der Waals surface area contributed by atoms with Crippen molar-refractivity contribution in [3.05, 3.63) is 89.6 Å². The molecule has 26 heavy (non-hydrogen) atoms. The molecule has 0 unspecified atom stereocenters. The van der Waals surface area contributed by atoms with E-state index < -0.39 is 0 Å². The summed E-state index contributed by atoms with van der Waals surface area (Å²) >= 11 is 0. The Bertz CT molecular complexity index is 872. The van der Waals surface area contributed by atoms with E-state index in [2.05, 4.69) is 10.6 Å². The van der Waals surface area contributed by atoms with Gasteiger partial charge in [-0.1, -0.05) is 12.1 Å². The Morgan fingerprint density at radius 2 is 1.65 bits per heavy atom. The van der Waals surface area contributed by atoms with Crippen LogP contribution in [0.15, 0.2) is 71.3 Å². The van der Waals surface area contributed by atoms with E-state index in [0.717, 1.165) is 5.56 Å². The van der Waals surface area contributed by atoms with Crippen molar-refractivity contribution in [3.63, 3.8) is 0 Å². The molecule has 5 nitrogen and oxygen atoms in total. The van der Waals surface area contributed by atoms with Crippen molar-refractivity contribution >= 4 is 17.5 Å². The molecular formula is C20H17FN2O3. The van der Waals surface area contributed by atoms with Gasteiger partial charge in [0.25, 0.3) is 11.8 Å². The number of hydrogen-bond donors (Lipinski definition) is 2. The lowest BCUT2D eigenvalue weighted by atomic mass is 10.1. The molecule has 0 aliphatic heterocycles. The highest BCUT2D eigenvalue weighted by molar-refractivity contribution is 6.02. The zero-order valence-corrected chi connectivity index (χ0v) is 13.9. The summed E-state index contributed by atoms with van der Waals surface area (Å²) in [5.41, 5.74) is 2.00. The van der Waals surface area contributed by atoms with Gasteiger partial charge in [-0.05, 0) is 60.5 Å². The Balaban J connectivity index is 1.50. The molecular weight excluding hydrogens is 335 g/mol. The maximum Gasteiger partial charge on any atom is 0.291 e. The van der Waals surface area contributed by atoms with Crippen molar-refractivity contribution in [2.24, 2.45) is 0 Å². The van der Waals surface area contributed by atoms with E-state index >= 15 is 0 Å². The Labute approximate surface area is 149 Å². The second-order valence-electron chi connectivity index (χ2n) is 5.64. The minimum atomic E-state index is -0.355. The van der Waals surface area contributed by atoms with Crippen molar-refractivity contribution < 1.29 is 18.4 Å². The van der Waals surface area contributed by atoms with Crippen molar-refractivity contribution in [1.29, 1.82) is 0 Å². The first-order valence-electron chi connectivity index (χ1n) is 8.09.